The van der Waals surface area contributed by atoms with E-state index >= 15 is 0 Å². The third-order valence-electron chi connectivity index (χ3n) is 4.64. The SMILES string of the molecule is Cc1cccc(/C=C/C(=O)NCC(c2ccco2)N2CCCCC2)c1. The highest BCUT2D eigenvalue weighted by atomic mass is 16.3. The van der Waals surface area contributed by atoms with E-state index in [0.29, 0.717) is 6.54 Å². The van der Waals surface area contributed by atoms with Crippen LogP contribution >= 0.6 is 0 Å². The van der Waals surface area contributed by atoms with Crippen LogP contribution in [0.15, 0.2) is 53.2 Å². The molecule has 0 radical (unpaired) electrons. The van der Waals surface area contributed by atoms with E-state index in [1.54, 1.807) is 12.3 Å². The predicted octanol–water partition coefficient (Wildman–Crippen LogP) is 3.94. The van der Waals surface area contributed by atoms with Gasteiger partial charge in [-0.3, -0.25) is 9.69 Å². The molecular weight excluding hydrogens is 312 g/mol. The van der Waals surface area contributed by atoms with E-state index in [2.05, 4.69) is 16.3 Å². The van der Waals surface area contributed by atoms with Crippen LogP contribution in [0.3, 0.4) is 0 Å². The zero-order chi connectivity index (χ0) is 17.5. The molecule has 4 nitrogen and oxygen atoms in total. The molecule has 132 valence electrons. The van der Waals surface area contributed by atoms with Gasteiger partial charge in [-0.15, -0.1) is 0 Å². The minimum atomic E-state index is -0.0740. The quantitative estimate of drug-likeness (QED) is 0.811. The fraction of sp³-hybridized carbons (Fsp3) is 0.381. The monoisotopic (exact) mass is 338 g/mol. The van der Waals surface area contributed by atoms with Crippen molar-refractivity contribution in [2.75, 3.05) is 19.6 Å². The Balaban J connectivity index is 1.59. The van der Waals surface area contributed by atoms with Crippen molar-refractivity contribution >= 4 is 12.0 Å². The lowest BCUT2D eigenvalue weighted by atomic mass is 10.1. The molecule has 1 N–H and O–H groups in total. The lowest BCUT2D eigenvalue weighted by molar-refractivity contribution is -0.116. The average Bonchev–Trinajstić information content (AvgIpc) is 3.15. The molecule has 1 atom stereocenters. The Morgan fingerprint density at radius 1 is 1.24 bits per heavy atom. The van der Waals surface area contributed by atoms with Gasteiger partial charge < -0.3 is 9.73 Å². The highest BCUT2D eigenvalue weighted by Gasteiger charge is 2.24. The number of hydrogen-bond donors (Lipinski definition) is 1. The molecule has 1 aromatic carbocycles. The standard InChI is InChI=1S/C21H26N2O2/c1-17-7-5-8-18(15-17)10-11-21(24)22-16-19(20-9-6-14-25-20)23-12-3-2-4-13-23/h5-11,14-15,19H,2-4,12-13,16H2,1H3,(H,22,24)/b11-10+. The maximum Gasteiger partial charge on any atom is 0.244 e. The molecule has 3 rings (SSSR count). The second kappa shape index (κ2) is 8.67. The number of nitrogens with zero attached hydrogens (tertiary/aromatic N) is 1. The van der Waals surface area contributed by atoms with Crippen LogP contribution in [0, 0.1) is 6.92 Å². The first-order chi connectivity index (χ1) is 12.2. The largest absolute Gasteiger partial charge is 0.468 e. The van der Waals surface area contributed by atoms with Gasteiger partial charge in [0.25, 0.3) is 0 Å². The summed E-state index contributed by atoms with van der Waals surface area (Å²) >= 11 is 0. The van der Waals surface area contributed by atoms with E-state index in [1.165, 1.54) is 24.8 Å². The van der Waals surface area contributed by atoms with Crippen LogP contribution in [-0.2, 0) is 4.79 Å². The fourth-order valence-electron chi connectivity index (χ4n) is 3.32. The molecule has 1 aliphatic rings. The first kappa shape index (κ1) is 17.5. The summed E-state index contributed by atoms with van der Waals surface area (Å²) in [6.07, 6.45) is 8.85. The molecule has 0 aliphatic carbocycles. The van der Waals surface area contributed by atoms with Crippen LogP contribution < -0.4 is 5.32 Å². The second-order valence-corrected chi connectivity index (χ2v) is 6.62. The topological polar surface area (TPSA) is 45.5 Å². The third-order valence-corrected chi connectivity index (χ3v) is 4.64. The summed E-state index contributed by atoms with van der Waals surface area (Å²) in [5.74, 6) is 0.847. The first-order valence-corrected chi connectivity index (χ1v) is 9.02. The highest BCUT2D eigenvalue weighted by Crippen LogP contribution is 2.24. The van der Waals surface area contributed by atoms with Gasteiger partial charge in [-0.2, -0.15) is 0 Å². The number of carbonyl (C=O) groups is 1. The number of nitrogens with one attached hydrogen (secondary N) is 1. The van der Waals surface area contributed by atoms with E-state index in [4.69, 9.17) is 4.42 Å². The van der Waals surface area contributed by atoms with Gasteiger partial charge in [0.15, 0.2) is 0 Å². The number of benzene rings is 1. The number of amides is 1. The Kier molecular flexibility index (Phi) is 6.07. The maximum absolute atomic E-state index is 12.2. The minimum absolute atomic E-state index is 0.0740. The summed E-state index contributed by atoms with van der Waals surface area (Å²) < 4.78 is 5.61. The van der Waals surface area contributed by atoms with Crippen molar-refractivity contribution in [3.63, 3.8) is 0 Å². The van der Waals surface area contributed by atoms with E-state index in [0.717, 1.165) is 24.4 Å². The van der Waals surface area contributed by atoms with Crippen LogP contribution in [0.2, 0.25) is 0 Å². The molecular formula is C21H26N2O2. The number of rotatable bonds is 6. The van der Waals surface area contributed by atoms with Gasteiger partial charge in [0.2, 0.25) is 5.91 Å². The Morgan fingerprint density at radius 3 is 2.80 bits per heavy atom. The van der Waals surface area contributed by atoms with Crippen LogP contribution in [0.25, 0.3) is 6.08 Å². The van der Waals surface area contributed by atoms with Gasteiger partial charge in [0, 0.05) is 12.6 Å². The van der Waals surface area contributed by atoms with Crippen LogP contribution in [0.5, 0.6) is 0 Å². The second-order valence-electron chi connectivity index (χ2n) is 6.62. The predicted molar refractivity (Wildman–Crippen MR) is 100 cm³/mol. The number of hydrogen-bond acceptors (Lipinski definition) is 3. The molecule has 2 heterocycles. The molecule has 0 saturated carbocycles. The summed E-state index contributed by atoms with van der Waals surface area (Å²) in [7, 11) is 0. The van der Waals surface area contributed by atoms with Gasteiger partial charge in [0.05, 0.1) is 12.3 Å². The van der Waals surface area contributed by atoms with Crippen LogP contribution in [0.1, 0.15) is 42.2 Å². The summed E-state index contributed by atoms with van der Waals surface area (Å²) in [5.41, 5.74) is 2.22. The maximum atomic E-state index is 12.2. The number of aryl methyl sites for hydroxylation is 1. The van der Waals surface area contributed by atoms with Crippen molar-refractivity contribution in [1.29, 1.82) is 0 Å². The Bertz CT molecular complexity index is 700. The average molecular weight is 338 g/mol. The van der Waals surface area contributed by atoms with Gasteiger partial charge in [-0.05, 0) is 56.6 Å². The van der Waals surface area contributed by atoms with Crippen molar-refractivity contribution in [3.8, 4) is 0 Å². The van der Waals surface area contributed by atoms with Gasteiger partial charge in [-0.25, -0.2) is 0 Å². The number of carbonyl (C=O) groups excluding carboxylic acids is 1. The molecule has 0 spiro atoms. The fourth-order valence-corrected chi connectivity index (χ4v) is 3.32. The summed E-state index contributed by atoms with van der Waals surface area (Å²) in [4.78, 5) is 14.6. The number of likely N-dealkylation sites (tertiary alicyclic amines) is 1. The minimum Gasteiger partial charge on any atom is -0.468 e. The molecule has 4 heteroatoms. The molecule has 2 aromatic rings. The molecule has 1 unspecified atom stereocenters. The van der Waals surface area contributed by atoms with Crippen molar-refractivity contribution in [1.82, 2.24) is 10.2 Å². The Morgan fingerprint density at radius 2 is 2.08 bits per heavy atom. The third kappa shape index (κ3) is 5.07. The van der Waals surface area contributed by atoms with E-state index in [9.17, 15) is 4.79 Å². The normalized spacial score (nSPS) is 16.8. The molecule has 1 aromatic heterocycles. The van der Waals surface area contributed by atoms with Crippen LogP contribution in [-0.4, -0.2) is 30.4 Å². The van der Waals surface area contributed by atoms with Gasteiger partial charge >= 0.3 is 0 Å². The Labute approximate surface area is 149 Å². The van der Waals surface area contributed by atoms with Gasteiger partial charge in [0.1, 0.15) is 5.76 Å². The van der Waals surface area contributed by atoms with Crippen molar-refractivity contribution in [2.24, 2.45) is 0 Å². The zero-order valence-electron chi connectivity index (χ0n) is 14.8. The van der Waals surface area contributed by atoms with E-state index < -0.39 is 0 Å². The first-order valence-electron chi connectivity index (χ1n) is 9.02. The molecule has 25 heavy (non-hydrogen) atoms. The lowest BCUT2D eigenvalue weighted by Crippen LogP contribution is -2.40. The molecule has 0 bridgehead atoms. The van der Waals surface area contributed by atoms with Crippen molar-refractivity contribution in [2.45, 2.75) is 32.2 Å². The van der Waals surface area contributed by atoms with E-state index in [-0.39, 0.29) is 11.9 Å². The summed E-state index contributed by atoms with van der Waals surface area (Å²) in [6.45, 7) is 4.72. The summed E-state index contributed by atoms with van der Waals surface area (Å²) in [6, 6.07) is 12.1. The van der Waals surface area contributed by atoms with Crippen molar-refractivity contribution in [3.05, 3.63) is 65.6 Å². The number of piperidine rings is 1. The molecule has 1 aliphatic heterocycles. The Hall–Kier alpha value is -2.33. The number of furan rings is 1. The zero-order valence-corrected chi connectivity index (χ0v) is 14.8. The molecule has 1 saturated heterocycles. The highest BCUT2D eigenvalue weighted by molar-refractivity contribution is 5.91. The van der Waals surface area contributed by atoms with Crippen LogP contribution in [0.4, 0.5) is 0 Å². The van der Waals surface area contributed by atoms with E-state index in [1.807, 2.05) is 43.3 Å². The summed E-state index contributed by atoms with van der Waals surface area (Å²) in [5, 5.41) is 3.03. The van der Waals surface area contributed by atoms with Gasteiger partial charge in [-0.1, -0.05) is 36.2 Å². The molecule has 1 fully saturated rings. The lowest BCUT2D eigenvalue weighted by Gasteiger charge is -2.33. The molecule has 1 amide bonds. The van der Waals surface area contributed by atoms with Crippen molar-refractivity contribution < 1.29 is 9.21 Å². The smallest absolute Gasteiger partial charge is 0.244 e.